The molecule has 2 amide bonds. The number of hydrogen-bond acceptors (Lipinski definition) is 7. The maximum absolute atomic E-state index is 13.5. The van der Waals surface area contributed by atoms with Crippen LogP contribution in [0.15, 0.2) is 83.1 Å². The summed E-state index contributed by atoms with van der Waals surface area (Å²) >= 11 is 12.3. The van der Waals surface area contributed by atoms with E-state index < -0.39 is 18.2 Å². The molecule has 0 bridgehead atoms. The predicted octanol–water partition coefficient (Wildman–Crippen LogP) is 4.71. The molecule has 1 aliphatic carbocycles. The summed E-state index contributed by atoms with van der Waals surface area (Å²) in [6, 6.07) is 13.9. The van der Waals surface area contributed by atoms with Gasteiger partial charge in [0, 0.05) is 48.3 Å². The molecule has 2 aromatic carbocycles. The summed E-state index contributed by atoms with van der Waals surface area (Å²) in [5.74, 6) is 0.882. The molecule has 3 N–H and O–H groups in total. The van der Waals surface area contributed by atoms with Crippen LogP contribution in [0.4, 0.5) is 4.79 Å². The zero-order valence-electron chi connectivity index (χ0n) is 23.1. The maximum Gasteiger partial charge on any atom is 0.416 e. The number of methoxy groups -OCH3 is 1. The van der Waals surface area contributed by atoms with Gasteiger partial charge < -0.3 is 30.0 Å². The highest BCUT2D eigenvalue weighted by molar-refractivity contribution is 6.31. The Hall–Kier alpha value is -3.50. The van der Waals surface area contributed by atoms with E-state index in [1.54, 1.807) is 29.2 Å². The number of nitrogens with one attached hydrogen (secondary N) is 2. The lowest BCUT2D eigenvalue weighted by atomic mass is 9.85. The van der Waals surface area contributed by atoms with Crippen LogP contribution in [0.3, 0.4) is 0 Å². The SMILES string of the molecule is COCC(=O)NCC(O)CCOc1ccc([C@H]2C3=C(CCN2C(=O)Oc2ccc(Cl)cc2)C2C=C(Cl)C=CC2N3)cc1. The molecule has 3 aliphatic rings. The van der Waals surface area contributed by atoms with E-state index in [1.807, 2.05) is 30.3 Å². The molecule has 0 spiro atoms. The number of benzene rings is 2. The Bertz CT molecular complexity index is 1380. The van der Waals surface area contributed by atoms with Crippen molar-refractivity contribution >= 4 is 35.2 Å². The number of fused-ring (bicyclic) bond motifs is 2. The lowest BCUT2D eigenvalue weighted by Gasteiger charge is -2.37. The summed E-state index contributed by atoms with van der Waals surface area (Å²) in [6.45, 7) is 0.815. The summed E-state index contributed by atoms with van der Waals surface area (Å²) in [4.78, 5) is 26.7. The van der Waals surface area contributed by atoms with Crippen LogP contribution in [0.5, 0.6) is 11.5 Å². The van der Waals surface area contributed by atoms with E-state index >= 15 is 0 Å². The largest absolute Gasteiger partial charge is 0.493 e. The molecule has 11 heteroatoms. The molecule has 4 atom stereocenters. The first-order chi connectivity index (χ1) is 20.3. The van der Waals surface area contributed by atoms with Crippen molar-refractivity contribution in [2.24, 2.45) is 5.92 Å². The smallest absolute Gasteiger partial charge is 0.416 e. The quantitative estimate of drug-likeness (QED) is 0.356. The fourth-order valence-corrected chi connectivity index (χ4v) is 5.75. The van der Waals surface area contributed by atoms with Gasteiger partial charge in [-0.2, -0.15) is 0 Å². The van der Waals surface area contributed by atoms with Crippen molar-refractivity contribution in [3.63, 3.8) is 0 Å². The van der Waals surface area contributed by atoms with E-state index in [2.05, 4.69) is 22.8 Å². The highest BCUT2D eigenvalue weighted by Crippen LogP contribution is 2.45. The van der Waals surface area contributed by atoms with E-state index in [4.69, 9.17) is 37.4 Å². The van der Waals surface area contributed by atoms with Gasteiger partial charge in [0.05, 0.1) is 18.8 Å². The minimum atomic E-state index is -0.744. The van der Waals surface area contributed by atoms with Crippen molar-refractivity contribution < 1.29 is 28.9 Å². The van der Waals surface area contributed by atoms with E-state index in [1.165, 1.54) is 12.7 Å². The zero-order valence-corrected chi connectivity index (χ0v) is 24.6. The number of amides is 2. The number of ether oxygens (including phenoxy) is 3. The van der Waals surface area contributed by atoms with Crippen LogP contribution >= 0.6 is 23.2 Å². The molecule has 0 saturated heterocycles. The molecule has 2 heterocycles. The number of allylic oxidation sites excluding steroid dienone is 2. The standard InChI is InChI=1S/C31H33Cl2N3O6/c1-40-18-28(38)34-17-22(37)13-15-41-23-7-2-19(3-8-23)30-29-25(26-16-21(33)6-11-27(26)35-29)12-14-36(30)31(39)42-24-9-4-20(32)5-10-24/h2-11,16,22,26-27,30,35,37H,12-15,17-18H2,1H3,(H,34,38)/t22?,26?,27?,30-/m0/s1. The Labute approximate surface area is 254 Å². The monoisotopic (exact) mass is 613 g/mol. The molecule has 0 radical (unpaired) electrons. The second-order valence-electron chi connectivity index (χ2n) is 10.3. The Kier molecular flexibility index (Phi) is 9.74. The molecule has 0 fully saturated rings. The lowest BCUT2D eigenvalue weighted by Crippen LogP contribution is -2.43. The van der Waals surface area contributed by atoms with Gasteiger partial charge in [-0.25, -0.2) is 4.79 Å². The summed E-state index contributed by atoms with van der Waals surface area (Å²) in [6.07, 6.45) is 5.86. The minimum absolute atomic E-state index is 0.0524. The average Bonchev–Trinajstić information content (AvgIpc) is 3.35. The van der Waals surface area contributed by atoms with Crippen LogP contribution in [-0.4, -0.2) is 67.6 Å². The van der Waals surface area contributed by atoms with Gasteiger partial charge in [0.15, 0.2) is 0 Å². The van der Waals surface area contributed by atoms with Crippen molar-refractivity contribution in [3.05, 3.63) is 93.6 Å². The summed E-state index contributed by atoms with van der Waals surface area (Å²) in [5.41, 5.74) is 3.10. The second-order valence-corrected chi connectivity index (χ2v) is 11.2. The summed E-state index contributed by atoms with van der Waals surface area (Å²) < 4.78 is 16.3. The molecule has 5 rings (SSSR count). The number of halogens is 2. The molecule has 222 valence electrons. The lowest BCUT2D eigenvalue weighted by molar-refractivity contribution is -0.125. The Morgan fingerprint density at radius 1 is 1.12 bits per heavy atom. The molecule has 9 nitrogen and oxygen atoms in total. The predicted molar refractivity (Wildman–Crippen MR) is 160 cm³/mol. The van der Waals surface area contributed by atoms with Crippen molar-refractivity contribution in [1.82, 2.24) is 15.5 Å². The zero-order chi connectivity index (χ0) is 29.6. The first-order valence-electron chi connectivity index (χ1n) is 13.8. The molecule has 42 heavy (non-hydrogen) atoms. The Morgan fingerprint density at radius 3 is 2.60 bits per heavy atom. The van der Waals surface area contributed by atoms with Crippen LogP contribution in [-0.2, 0) is 9.53 Å². The van der Waals surface area contributed by atoms with E-state index in [9.17, 15) is 14.7 Å². The first-order valence-corrected chi connectivity index (χ1v) is 14.5. The number of aliphatic hydroxyl groups is 1. The Morgan fingerprint density at radius 2 is 1.86 bits per heavy atom. The molecule has 3 unspecified atom stereocenters. The number of nitrogens with zero attached hydrogens (tertiary/aromatic N) is 1. The molecule has 2 aromatic rings. The van der Waals surface area contributed by atoms with Crippen LogP contribution in [0.25, 0.3) is 0 Å². The third kappa shape index (κ3) is 7.10. The van der Waals surface area contributed by atoms with E-state index in [0.29, 0.717) is 40.9 Å². The maximum atomic E-state index is 13.5. The fraction of sp³-hybridized carbons (Fsp3) is 0.355. The van der Waals surface area contributed by atoms with Crippen molar-refractivity contribution in [2.75, 3.05) is 33.4 Å². The normalized spacial score (nSPS) is 21.6. The van der Waals surface area contributed by atoms with Gasteiger partial charge in [-0.1, -0.05) is 47.5 Å². The van der Waals surface area contributed by atoms with Gasteiger partial charge in [-0.3, -0.25) is 9.69 Å². The number of aliphatic hydroxyl groups excluding tert-OH is 1. The summed E-state index contributed by atoms with van der Waals surface area (Å²) in [5, 5.41) is 17.6. The molecule has 2 aliphatic heterocycles. The Balaban J connectivity index is 1.30. The van der Waals surface area contributed by atoms with Gasteiger partial charge in [-0.15, -0.1) is 0 Å². The average molecular weight is 615 g/mol. The van der Waals surface area contributed by atoms with Gasteiger partial charge in [-0.05, 0) is 60.0 Å². The van der Waals surface area contributed by atoms with Gasteiger partial charge in [0.2, 0.25) is 5.91 Å². The van der Waals surface area contributed by atoms with Crippen LogP contribution in [0, 0.1) is 5.92 Å². The minimum Gasteiger partial charge on any atom is -0.493 e. The summed E-state index contributed by atoms with van der Waals surface area (Å²) in [7, 11) is 1.44. The van der Waals surface area contributed by atoms with Crippen LogP contribution in [0.2, 0.25) is 5.02 Å². The molecule has 0 saturated carbocycles. The number of carbonyl (C=O) groups excluding carboxylic acids is 2. The molecular weight excluding hydrogens is 581 g/mol. The first kappa shape index (κ1) is 30.0. The van der Waals surface area contributed by atoms with Crippen molar-refractivity contribution in [1.29, 1.82) is 0 Å². The van der Waals surface area contributed by atoms with E-state index in [0.717, 1.165) is 11.3 Å². The third-order valence-corrected chi connectivity index (χ3v) is 7.95. The fourth-order valence-electron chi connectivity index (χ4n) is 5.42. The molecular formula is C31H33Cl2N3O6. The topological polar surface area (TPSA) is 109 Å². The number of carbonyl (C=O) groups is 2. The third-order valence-electron chi connectivity index (χ3n) is 7.45. The second kappa shape index (κ2) is 13.6. The highest BCUT2D eigenvalue weighted by atomic mass is 35.5. The van der Waals surface area contributed by atoms with Crippen LogP contribution < -0.4 is 20.1 Å². The van der Waals surface area contributed by atoms with Crippen molar-refractivity contribution in [2.45, 2.75) is 31.0 Å². The van der Waals surface area contributed by atoms with Crippen LogP contribution in [0.1, 0.15) is 24.4 Å². The van der Waals surface area contributed by atoms with Gasteiger partial charge >= 0.3 is 6.09 Å². The van der Waals surface area contributed by atoms with Gasteiger partial charge in [0.25, 0.3) is 0 Å². The van der Waals surface area contributed by atoms with E-state index in [-0.39, 0.29) is 37.6 Å². The number of rotatable bonds is 10. The number of hydrogen-bond donors (Lipinski definition) is 3. The van der Waals surface area contributed by atoms with Gasteiger partial charge in [0.1, 0.15) is 24.1 Å². The molecule has 0 aromatic heterocycles. The highest BCUT2D eigenvalue weighted by Gasteiger charge is 2.43. The van der Waals surface area contributed by atoms with Crippen molar-refractivity contribution in [3.8, 4) is 11.5 Å².